The first-order valence-corrected chi connectivity index (χ1v) is 7.48. The highest BCUT2D eigenvalue weighted by atomic mass is 79.9. The minimum Gasteiger partial charge on any atom is -0.143 e. The van der Waals surface area contributed by atoms with E-state index in [2.05, 4.69) is 42.1 Å². The average molecular weight is 383 g/mol. The fraction of sp³-hybridized carbons (Fsp3) is 0.200. The van der Waals surface area contributed by atoms with E-state index in [4.69, 9.17) is 11.6 Å². The van der Waals surface area contributed by atoms with E-state index in [1.807, 2.05) is 18.2 Å². The maximum Gasteiger partial charge on any atom is 0.148 e. The van der Waals surface area contributed by atoms with Crippen LogP contribution >= 0.6 is 54.8 Å². The zero-order valence-electron chi connectivity index (χ0n) is 8.08. The maximum atomic E-state index is 5.67. The molecule has 0 atom stereocenters. The van der Waals surface area contributed by atoms with Crippen LogP contribution in [0.5, 0.6) is 0 Å². The zero-order valence-corrected chi connectivity index (χ0v) is 12.8. The molecule has 84 valence electrons. The number of hydrogen-bond acceptors (Lipinski definition) is 3. The van der Waals surface area contributed by atoms with Gasteiger partial charge in [0.15, 0.2) is 0 Å². The molecule has 1 aromatic heterocycles. The molecule has 0 fully saturated rings. The van der Waals surface area contributed by atoms with Gasteiger partial charge in [0.05, 0.1) is 0 Å². The Labute approximate surface area is 119 Å². The van der Waals surface area contributed by atoms with Crippen LogP contribution in [-0.2, 0) is 6.42 Å². The Hall–Kier alpha value is 0.0300. The summed E-state index contributed by atoms with van der Waals surface area (Å²) < 4.78 is 2.05. The molecular formula is C10H7Br2ClN2S. The number of nitrogens with zero attached hydrogens (tertiary/aromatic N) is 2. The predicted molar refractivity (Wildman–Crippen MR) is 75.2 cm³/mol. The second-order valence-electron chi connectivity index (χ2n) is 3.06. The van der Waals surface area contributed by atoms with Gasteiger partial charge in [0.1, 0.15) is 10.0 Å². The summed E-state index contributed by atoms with van der Waals surface area (Å²) in [6, 6.07) is 6.00. The van der Waals surface area contributed by atoms with Crippen LogP contribution in [0, 0.1) is 0 Å². The molecule has 0 radical (unpaired) electrons. The summed E-state index contributed by atoms with van der Waals surface area (Å²) in [5.41, 5.74) is 1.06. The smallest absolute Gasteiger partial charge is 0.143 e. The Balaban J connectivity index is 2.35. The van der Waals surface area contributed by atoms with E-state index < -0.39 is 0 Å². The molecule has 2 aromatic rings. The Bertz CT molecular complexity index is 501. The van der Waals surface area contributed by atoms with Crippen molar-refractivity contribution < 1.29 is 0 Å². The van der Waals surface area contributed by atoms with Crippen molar-refractivity contribution in [1.29, 1.82) is 0 Å². The largest absolute Gasteiger partial charge is 0.148 e. The van der Waals surface area contributed by atoms with E-state index in [0.717, 1.165) is 30.9 Å². The van der Waals surface area contributed by atoms with Crippen LogP contribution < -0.4 is 0 Å². The van der Waals surface area contributed by atoms with Crippen molar-refractivity contribution in [3.05, 3.63) is 32.2 Å². The Morgan fingerprint density at radius 3 is 2.75 bits per heavy atom. The van der Waals surface area contributed by atoms with E-state index in [-0.39, 0.29) is 0 Å². The van der Waals surface area contributed by atoms with Crippen LogP contribution in [0.1, 0.15) is 5.01 Å². The van der Waals surface area contributed by atoms with E-state index in [0.29, 0.717) is 5.88 Å². The molecule has 1 heterocycles. The number of aromatic nitrogens is 2. The molecule has 0 amide bonds. The summed E-state index contributed by atoms with van der Waals surface area (Å²) >= 11 is 14.2. The monoisotopic (exact) mass is 380 g/mol. The van der Waals surface area contributed by atoms with E-state index in [1.54, 1.807) is 11.3 Å². The van der Waals surface area contributed by atoms with Gasteiger partial charge in [0.2, 0.25) is 0 Å². The van der Waals surface area contributed by atoms with Crippen LogP contribution in [0.15, 0.2) is 27.1 Å². The maximum absolute atomic E-state index is 5.67. The molecule has 0 aliphatic rings. The summed E-state index contributed by atoms with van der Waals surface area (Å²) in [7, 11) is 0. The van der Waals surface area contributed by atoms with Gasteiger partial charge in [-0.2, -0.15) is 0 Å². The third-order valence-corrected chi connectivity index (χ3v) is 4.29. The molecule has 2 nitrogen and oxygen atoms in total. The molecule has 2 rings (SSSR count). The van der Waals surface area contributed by atoms with Crippen molar-refractivity contribution in [2.24, 2.45) is 0 Å². The number of alkyl halides is 1. The first-order valence-electron chi connectivity index (χ1n) is 4.54. The van der Waals surface area contributed by atoms with E-state index >= 15 is 0 Å². The lowest BCUT2D eigenvalue weighted by Crippen LogP contribution is -1.83. The SMILES string of the molecule is ClCCc1nnc(-c2ccc(Br)cc2Br)s1. The number of halogens is 3. The Morgan fingerprint density at radius 1 is 1.25 bits per heavy atom. The topological polar surface area (TPSA) is 25.8 Å². The molecule has 0 unspecified atom stereocenters. The highest BCUT2D eigenvalue weighted by Gasteiger charge is 2.09. The third-order valence-electron chi connectivity index (χ3n) is 1.94. The van der Waals surface area contributed by atoms with E-state index in [9.17, 15) is 0 Å². The number of benzene rings is 1. The molecule has 0 N–H and O–H groups in total. The van der Waals surface area contributed by atoms with Gasteiger partial charge in [-0.25, -0.2) is 0 Å². The molecule has 6 heteroatoms. The molecule has 1 aromatic carbocycles. The summed E-state index contributed by atoms with van der Waals surface area (Å²) in [4.78, 5) is 0. The Morgan fingerprint density at radius 2 is 2.06 bits per heavy atom. The fourth-order valence-corrected chi connectivity index (χ4v) is 3.74. The van der Waals surface area contributed by atoms with Crippen molar-refractivity contribution in [3.8, 4) is 10.6 Å². The van der Waals surface area contributed by atoms with Crippen LogP contribution in [-0.4, -0.2) is 16.1 Å². The van der Waals surface area contributed by atoms with Crippen LogP contribution in [0.3, 0.4) is 0 Å². The van der Waals surface area contributed by atoms with E-state index in [1.165, 1.54) is 0 Å². The van der Waals surface area contributed by atoms with Gasteiger partial charge in [-0.05, 0) is 18.2 Å². The first kappa shape index (κ1) is 12.5. The number of hydrogen-bond donors (Lipinski definition) is 0. The summed E-state index contributed by atoms with van der Waals surface area (Å²) in [5.74, 6) is 0.580. The normalized spacial score (nSPS) is 10.7. The minimum absolute atomic E-state index is 0.580. The van der Waals surface area contributed by atoms with Crippen LogP contribution in [0.25, 0.3) is 10.6 Å². The van der Waals surface area contributed by atoms with Gasteiger partial charge < -0.3 is 0 Å². The second kappa shape index (κ2) is 5.58. The lowest BCUT2D eigenvalue weighted by Gasteiger charge is -1.99. The van der Waals surface area contributed by atoms with Gasteiger partial charge in [0, 0.05) is 26.8 Å². The average Bonchev–Trinajstić information content (AvgIpc) is 2.67. The molecule has 0 spiro atoms. The van der Waals surface area contributed by atoms with Gasteiger partial charge >= 0.3 is 0 Å². The molecule has 0 aliphatic heterocycles. The number of rotatable bonds is 3. The first-order chi connectivity index (χ1) is 7.70. The molecule has 0 saturated carbocycles. The molecular weight excluding hydrogens is 375 g/mol. The van der Waals surface area contributed by atoms with Crippen molar-refractivity contribution >= 4 is 54.8 Å². The molecule has 0 bridgehead atoms. The summed E-state index contributed by atoms with van der Waals surface area (Å²) in [6.45, 7) is 0. The van der Waals surface area contributed by atoms with Gasteiger partial charge in [-0.15, -0.1) is 21.8 Å². The lowest BCUT2D eigenvalue weighted by molar-refractivity contribution is 0.989. The zero-order chi connectivity index (χ0) is 11.5. The predicted octanol–water partition coefficient (Wildman–Crippen LogP) is 4.51. The number of aryl methyl sites for hydroxylation is 1. The van der Waals surface area contributed by atoms with Crippen molar-refractivity contribution in [2.75, 3.05) is 5.88 Å². The standard InChI is InChI=1S/C10H7Br2ClN2S/c11-6-1-2-7(8(12)5-6)10-15-14-9(16-10)3-4-13/h1-2,5H,3-4H2. The van der Waals surface area contributed by atoms with Crippen molar-refractivity contribution in [1.82, 2.24) is 10.2 Å². The van der Waals surface area contributed by atoms with Gasteiger partial charge in [-0.3, -0.25) is 0 Å². The van der Waals surface area contributed by atoms with Gasteiger partial charge in [0.25, 0.3) is 0 Å². The fourth-order valence-electron chi connectivity index (χ4n) is 1.21. The Kier molecular flexibility index (Phi) is 4.35. The minimum atomic E-state index is 0.580. The highest BCUT2D eigenvalue weighted by molar-refractivity contribution is 9.11. The highest BCUT2D eigenvalue weighted by Crippen LogP contribution is 2.32. The summed E-state index contributed by atoms with van der Waals surface area (Å²) in [5, 5.41) is 10.1. The summed E-state index contributed by atoms with van der Waals surface area (Å²) in [6.07, 6.45) is 0.771. The van der Waals surface area contributed by atoms with Crippen LogP contribution in [0.2, 0.25) is 0 Å². The van der Waals surface area contributed by atoms with Crippen LogP contribution in [0.4, 0.5) is 0 Å². The molecule has 0 aliphatic carbocycles. The quantitative estimate of drug-likeness (QED) is 0.730. The second-order valence-corrected chi connectivity index (χ2v) is 6.27. The van der Waals surface area contributed by atoms with Crippen molar-refractivity contribution in [2.45, 2.75) is 6.42 Å². The molecule has 16 heavy (non-hydrogen) atoms. The molecule has 0 saturated heterocycles. The lowest BCUT2D eigenvalue weighted by atomic mass is 10.2. The van der Waals surface area contributed by atoms with Crippen molar-refractivity contribution in [3.63, 3.8) is 0 Å². The van der Waals surface area contributed by atoms with Gasteiger partial charge in [-0.1, -0.05) is 43.2 Å². The third kappa shape index (κ3) is 2.83.